The van der Waals surface area contributed by atoms with Gasteiger partial charge in [0.25, 0.3) is 0 Å². The molecule has 0 aliphatic rings. The summed E-state index contributed by atoms with van der Waals surface area (Å²) in [6, 6.07) is 1.95. The average molecular weight is 327 g/mol. The molecular formula is C8H6BrCl2N3S. The molecule has 2 N–H and O–H groups in total. The van der Waals surface area contributed by atoms with Gasteiger partial charge in [0.15, 0.2) is 0 Å². The number of nitrogens with two attached hydrogens (primary N) is 1. The minimum absolute atomic E-state index is 0.469. The zero-order valence-corrected chi connectivity index (χ0v) is 11.3. The molecule has 2 rings (SSSR count). The first-order chi connectivity index (χ1) is 7.08. The number of hydrogen-bond acceptors (Lipinski definition) is 3. The van der Waals surface area contributed by atoms with Gasteiger partial charge in [0.1, 0.15) is 15.2 Å². The van der Waals surface area contributed by atoms with Gasteiger partial charge in [-0.15, -0.1) is 11.3 Å². The molecule has 0 unspecified atom stereocenters. The molecule has 0 spiro atoms. The maximum absolute atomic E-state index is 5.93. The van der Waals surface area contributed by atoms with Gasteiger partial charge < -0.3 is 5.73 Å². The normalized spacial score (nSPS) is 10.9. The van der Waals surface area contributed by atoms with Crippen LogP contribution in [0, 0.1) is 0 Å². The van der Waals surface area contributed by atoms with Gasteiger partial charge in [-0.05, 0) is 22.0 Å². The van der Waals surface area contributed by atoms with Gasteiger partial charge in [-0.25, -0.2) is 4.68 Å². The van der Waals surface area contributed by atoms with Crippen LogP contribution >= 0.6 is 50.5 Å². The number of halogens is 3. The molecule has 0 aliphatic heterocycles. The third-order valence-electron chi connectivity index (χ3n) is 1.84. The average Bonchev–Trinajstić information content (AvgIpc) is 2.65. The number of rotatable bonds is 2. The zero-order valence-electron chi connectivity index (χ0n) is 7.38. The van der Waals surface area contributed by atoms with Crippen molar-refractivity contribution in [3.63, 3.8) is 0 Å². The molecule has 0 saturated heterocycles. The van der Waals surface area contributed by atoms with E-state index in [1.807, 2.05) is 6.07 Å². The number of thiophene rings is 1. The Morgan fingerprint density at radius 2 is 2.27 bits per heavy atom. The van der Waals surface area contributed by atoms with Crippen molar-refractivity contribution in [2.45, 2.75) is 6.54 Å². The van der Waals surface area contributed by atoms with E-state index < -0.39 is 0 Å². The van der Waals surface area contributed by atoms with Crippen molar-refractivity contribution >= 4 is 56.3 Å². The molecular weight excluding hydrogens is 321 g/mol. The van der Waals surface area contributed by atoms with Gasteiger partial charge in [-0.2, -0.15) is 5.10 Å². The van der Waals surface area contributed by atoms with Crippen LogP contribution in [0.2, 0.25) is 9.36 Å². The minimum atomic E-state index is 0.469. The standard InChI is InChI=1S/C8H6BrCl2N3S/c9-5-1-4(15-7(5)11)3-14-8(12)6(10)2-13-14/h1-2H,3,12H2. The fraction of sp³-hybridized carbons (Fsp3) is 0.125. The van der Waals surface area contributed by atoms with Gasteiger partial charge in [0, 0.05) is 9.35 Å². The van der Waals surface area contributed by atoms with Crippen LogP contribution in [0.25, 0.3) is 0 Å². The van der Waals surface area contributed by atoms with E-state index in [0.29, 0.717) is 17.4 Å². The highest BCUT2D eigenvalue weighted by Gasteiger charge is 2.09. The topological polar surface area (TPSA) is 43.8 Å². The number of nitrogens with zero attached hydrogens (tertiary/aromatic N) is 2. The fourth-order valence-corrected chi connectivity index (χ4v) is 3.03. The molecule has 2 heterocycles. The summed E-state index contributed by atoms with van der Waals surface area (Å²) in [5.41, 5.74) is 5.72. The van der Waals surface area contributed by atoms with Gasteiger partial charge in [0.05, 0.1) is 12.7 Å². The third kappa shape index (κ3) is 2.30. The van der Waals surface area contributed by atoms with E-state index in [4.69, 9.17) is 28.9 Å². The zero-order chi connectivity index (χ0) is 11.0. The van der Waals surface area contributed by atoms with Crippen molar-refractivity contribution < 1.29 is 0 Å². The molecule has 15 heavy (non-hydrogen) atoms. The first-order valence-electron chi connectivity index (χ1n) is 3.98. The van der Waals surface area contributed by atoms with E-state index in [1.165, 1.54) is 17.5 Å². The Hall–Kier alpha value is -0.230. The molecule has 0 saturated carbocycles. The summed E-state index contributed by atoms with van der Waals surface area (Å²) < 4.78 is 3.25. The lowest BCUT2D eigenvalue weighted by atomic mass is 10.4. The maximum Gasteiger partial charge on any atom is 0.140 e. The molecule has 0 amide bonds. The van der Waals surface area contributed by atoms with Crippen molar-refractivity contribution in [2.75, 3.05) is 5.73 Å². The number of anilines is 1. The highest BCUT2D eigenvalue weighted by Crippen LogP contribution is 2.32. The van der Waals surface area contributed by atoms with Crippen LogP contribution in [0.4, 0.5) is 5.82 Å². The Balaban J connectivity index is 2.25. The third-order valence-corrected chi connectivity index (χ3v) is 4.59. The fourth-order valence-electron chi connectivity index (χ4n) is 1.11. The van der Waals surface area contributed by atoms with Crippen LogP contribution in [0.1, 0.15) is 4.88 Å². The summed E-state index contributed by atoms with van der Waals surface area (Å²) in [6.45, 7) is 0.578. The van der Waals surface area contributed by atoms with Crippen molar-refractivity contribution in [3.05, 3.63) is 31.0 Å². The van der Waals surface area contributed by atoms with Crippen LogP contribution < -0.4 is 5.73 Å². The molecule has 80 valence electrons. The summed E-state index contributed by atoms with van der Waals surface area (Å²) in [4.78, 5) is 1.07. The second-order valence-electron chi connectivity index (χ2n) is 2.87. The number of hydrogen-bond donors (Lipinski definition) is 1. The molecule has 0 radical (unpaired) electrons. The summed E-state index contributed by atoms with van der Waals surface area (Å²) in [6.07, 6.45) is 1.53. The van der Waals surface area contributed by atoms with E-state index >= 15 is 0 Å². The lowest BCUT2D eigenvalue weighted by Gasteiger charge is -2.00. The summed E-state index contributed by atoms with van der Waals surface area (Å²) >= 11 is 16.5. The Morgan fingerprint density at radius 1 is 1.53 bits per heavy atom. The van der Waals surface area contributed by atoms with Crippen LogP contribution in [0.15, 0.2) is 16.7 Å². The smallest absolute Gasteiger partial charge is 0.140 e. The monoisotopic (exact) mass is 325 g/mol. The lowest BCUT2D eigenvalue weighted by molar-refractivity contribution is 0.705. The van der Waals surface area contributed by atoms with E-state index in [9.17, 15) is 0 Å². The predicted octanol–water partition coefficient (Wildman–Crippen LogP) is 3.64. The van der Waals surface area contributed by atoms with E-state index in [0.717, 1.165) is 13.7 Å². The van der Waals surface area contributed by atoms with Crippen molar-refractivity contribution in [1.29, 1.82) is 0 Å². The molecule has 0 aliphatic carbocycles. The first-order valence-corrected chi connectivity index (χ1v) is 6.35. The second-order valence-corrected chi connectivity index (χ2v) is 5.87. The molecule has 0 bridgehead atoms. The second kappa shape index (κ2) is 4.33. The largest absolute Gasteiger partial charge is 0.383 e. The van der Waals surface area contributed by atoms with Crippen LogP contribution in [0.3, 0.4) is 0 Å². The Bertz CT molecular complexity index is 475. The van der Waals surface area contributed by atoms with E-state index in [1.54, 1.807) is 4.68 Å². The molecule has 3 nitrogen and oxygen atoms in total. The quantitative estimate of drug-likeness (QED) is 0.915. The molecule has 2 aromatic rings. The number of aromatic nitrogens is 2. The highest BCUT2D eigenvalue weighted by molar-refractivity contribution is 9.10. The van der Waals surface area contributed by atoms with Gasteiger partial charge in [-0.3, -0.25) is 0 Å². The molecule has 0 aromatic carbocycles. The summed E-state index contributed by atoms with van der Waals surface area (Å²) in [7, 11) is 0. The molecule has 2 aromatic heterocycles. The van der Waals surface area contributed by atoms with Crippen LogP contribution in [-0.2, 0) is 6.54 Å². The van der Waals surface area contributed by atoms with E-state index in [-0.39, 0.29) is 0 Å². The lowest BCUT2D eigenvalue weighted by Crippen LogP contribution is -2.04. The molecule has 0 fully saturated rings. The van der Waals surface area contributed by atoms with Crippen molar-refractivity contribution in [3.8, 4) is 0 Å². The summed E-state index contributed by atoms with van der Waals surface area (Å²) in [5.74, 6) is 0.470. The minimum Gasteiger partial charge on any atom is -0.383 e. The van der Waals surface area contributed by atoms with Gasteiger partial charge in [-0.1, -0.05) is 23.2 Å². The highest BCUT2D eigenvalue weighted by atomic mass is 79.9. The number of nitrogen functional groups attached to an aromatic ring is 1. The predicted molar refractivity (Wildman–Crippen MR) is 67.8 cm³/mol. The van der Waals surface area contributed by atoms with Gasteiger partial charge >= 0.3 is 0 Å². The Kier molecular flexibility index (Phi) is 3.25. The molecule has 7 heteroatoms. The molecule has 0 atom stereocenters. The maximum atomic E-state index is 5.93. The van der Waals surface area contributed by atoms with Crippen molar-refractivity contribution in [2.24, 2.45) is 0 Å². The van der Waals surface area contributed by atoms with Crippen molar-refractivity contribution in [1.82, 2.24) is 9.78 Å². The Labute approximate surface area is 109 Å². The van der Waals surface area contributed by atoms with Gasteiger partial charge in [0.2, 0.25) is 0 Å². The Morgan fingerprint density at radius 3 is 2.73 bits per heavy atom. The van der Waals surface area contributed by atoms with Crippen LogP contribution in [-0.4, -0.2) is 9.78 Å². The van der Waals surface area contributed by atoms with E-state index in [2.05, 4.69) is 21.0 Å². The van der Waals surface area contributed by atoms with Crippen LogP contribution in [0.5, 0.6) is 0 Å². The SMILES string of the molecule is Nc1c(Cl)cnn1Cc1cc(Br)c(Cl)s1. The first kappa shape index (κ1) is 11.3. The summed E-state index contributed by atoms with van der Waals surface area (Å²) in [5, 5.41) is 4.53.